The summed E-state index contributed by atoms with van der Waals surface area (Å²) in [5.41, 5.74) is 1.22. The Bertz CT molecular complexity index is 934. The van der Waals surface area contributed by atoms with Gasteiger partial charge in [0, 0.05) is 11.9 Å². The highest BCUT2D eigenvalue weighted by molar-refractivity contribution is 6.37. The zero-order chi connectivity index (χ0) is 18.0. The average molecular weight is 376 g/mol. The standard InChI is InChI=1S/C18H11Cl2NO4/c1-10(22)24-13-4-2-3-11(7-13)8-16-18(23)25-17(21-16)14-6-5-12(19)9-15(14)20/h2-9H,1H3. The minimum atomic E-state index is -0.598. The average Bonchev–Trinajstić information content (AvgIpc) is 2.87. The SMILES string of the molecule is CC(=O)Oc1cccc(C=C2N=C(c3ccc(Cl)cc3Cl)OC2=O)c1. The molecule has 3 rings (SSSR count). The lowest BCUT2D eigenvalue weighted by Crippen LogP contribution is -2.05. The molecular formula is C18H11Cl2NO4. The van der Waals surface area contributed by atoms with Crippen LogP contribution in [0.3, 0.4) is 0 Å². The molecule has 25 heavy (non-hydrogen) atoms. The van der Waals surface area contributed by atoms with Crippen LogP contribution in [-0.2, 0) is 14.3 Å². The molecule has 1 aliphatic heterocycles. The Kier molecular flexibility index (Phi) is 4.88. The second-order valence-corrected chi connectivity index (χ2v) is 5.97. The lowest BCUT2D eigenvalue weighted by Gasteiger charge is -2.02. The van der Waals surface area contributed by atoms with E-state index in [1.165, 1.54) is 13.0 Å². The maximum Gasteiger partial charge on any atom is 0.363 e. The van der Waals surface area contributed by atoms with Crippen molar-refractivity contribution in [2.45, 2.75) is 6.92 Å². The molecule has 1 heterocycles. The highest BCUT2D eigenvalue weighted by Crippen LogP contribution is 2.26. The Hall–Kier alpha value is -2.63. The van der Waals surface area contributed by atoms with Gasteiger partial charge in [-0.2, -0.15) is 0 Å². The molecular weight excluding hydrogens is 365 g/mol. The summed E-state index contributed by atoms with van der Waals surface area (Å²) in [6, 6.07) is 11.5. The van der Waals surface area contributed by atoms with Crippen LogP contribution in [0.5, 0.6) is 5.75 Å². The van der Waals surface area contributed by atoms with Crippen LogP contribution in [0.25, 0.3) is 6.08 Å². The lowest BCUT2D eigenvalue weighted by molar-refractivity contribution is -0.132. The summed E-state index contributed by atoms with van der Waals surface area (Å²) >= 11 is 12.0. The zero-order valence-corrected chi connectivity index (χ0v) is 14.5. The van der Waals surface area contributed by atoms with E-state index in [0.717, 1.165) is 0 Å². The molecule has 0 unspecified atom stereocenters. The van der Waals surface area contributed by atoms with Gasteiger partial charge in [0.15, 0.2) is 5.70 Å². The van der Waals surface area contributed by atoms with E-state index in [9.17, 15) is 9.59 Å². The Balaban J connectivity index is 1.92. The molecule has 0 aliphatic carbocycles. The van der Waals surface area contributed by atoms with Gasteiger partial charge < -0.3 is 9.47 Å². The van der Waals surface area contributed by atoms with Crippen LogP contribution in [0, 0.1) is 0 Å². The van der Waals surface area contributed by atoms with E-state index in [0.29, 0.717) is 26.9 Å². The molecule has 0 aromatic heterocycles. The van der Waals surface area contributed by atoms with Gasteiger partial charge in [0.05, 0.1) is 10.6 Å². The van der Waals surface area contributed by atoms with Crippen molar-refractivity contribution in [3.05, 3.63) is 69.3 Å². The third-order valence-electron chi connectivity index (χ3n) is 3.21. The normalized spacial score (nSPS) is 15.1. The van der Waals surface area contributed by atoms with E-state index >= 15 is 0 Å². The van der Waals surface area contributed by atoms with Gasteiger partial charge in [0.2, 0.25) is 5.90 Å². The number of aliphatic imine (C=N–C) groups is 1. The predicted octanol–water partition coefficient (Wildman–Crippen LogP) is 4.26. The fourth-order valence-electron chi connectivity index (χ4n) is 2.18. The first-order valence-electron chi connectivity index (χ1n) is 7.19. The summed E-state index contributed by atoms with van der Waals surface area (Å²) in [5, 5.41) is 0.800. The molecule has 2 aromatic rings. The van der Waals surface area contributed by atoms with Gasteiger partial charge in [0.25, 0.3) is 0 Å². The van der Waals surface area contributed by atoms with Gasteiger partial charge in [-0.1, -0.05) is 35.3 Å². The summed E-state index contributed by atoms with van der Waals surface area (Å²) in [6.07, 6.45) is 1.53. The minimum Gasteiger partial charge on any atom is -0.427 e. The Morgan fingerprint density at radius 3 is 2.72 bits per heavy atom. The fraction of sp³-hybridized carbons (Fsp3) is 0.0556. The van der Waals surface area contributed by atoms with Crippen LogP contribution in [0.15, 0.2) is 53.2 Å². The molecule has 0 saturated carbocycles. The van der Waals surface area contributed by atoms with E-state index in [1.54, 1.807) is 42.5 Å². The Morgan fingerprint density at radius 2 is 2.00 bits per heavy atom. The van der Waals surface area contributed by atoms with E-state index in [2.05, 4.69) is 4.99 Å². The molecule has 1 aliphatic rings. The van der Waals surface area contributed by atoms with Crippen molar-refractivity contribution in [2.24, 2.45) is 4.99 Å². The first-order chi connectivity index (χ1) is 11.9. The number of cyclic esters (lactones) is 1. The highest BCUT2D eigenvalue weighted by atomic mass is 35.5. The molecule has 0 fully saturated rings. The predicted molar refractivity (Wildman–Crippen MR) is 94.8 cm³/mol. The second-order valence-electron chi connectivity index (χ2n) is 5.13. The maximum atomic E-state index is 12.0. The largest absolute Gasteiger partial charge is 0.427 e. The maximum absolute atomic E-state index is 12.0. The van der Waals surface area contributed by atoms with Gasteiger partial charge in [-0.15, -0.1) is 0 Å². The number of rotatable bonds is 3. The first kappa shape index (κ1) is 17.2. The topological polar surface area (TPSA) is 65.0 Å². The number of hydrogen-bond donors (Lipinski definition) is 0. The number of esters is 2. The van der Waals surface area contributed by atoms with Crippen molar-refractivity contribution < 1.29 is 19.1 Å². The quantitative estimate of drug-likeness (QED) is 0.456. The summed E-state index contributed by atoms with van der Waals surface area (Å²) in [5.74, 6) is -0.547. The van der Waals surface area contributed by atoms with Crippen molar-refractivity contribution in [1.29, 1.82) is 0 Å². The van der Waals surface area contributed by atoms with Gasteiger partial charge in [-0.05, 0) is 42.0 Å². The monoisotopic (exact) mass is 375 g/mol. The number of hydrogen-bond acceptors (Lipinski definition) is 5. The van der Waals surface area contributed by atoms with Crippen LogP contribution < -0.4 is 4.74 Å². The van der Waals surface area contributed by atoms with Crippen LogP contribution in [0.4, 0.5) is 0 Å². The molecule has 5 nitrogen and oxygen atoms in total. The van der Waals surface area contributed by atoms with Crippen molar-refractivity contribution in [1.82, 2.24) is 0 Å². The fourth-order valence-corrected chi connectivity index (χ4v) is 2.67. The summed E-state index contributed by atoms with van der Waals surface area (Å²) in [4.78, 5) is 27.3. The van der Waals surface area contributed by atoms with Crippen molar-refractivity contribution in [2.75, 3.05) is 0 Å². The molecule has 0 radical (unpaired) electrons. The van der Waals surface area contributed by atoms with Gasteiger partial charge in [-0.3, -0.25) is 4.79 Å². The number of ether oxygens (including phenoxy) is 2. The van der Waals surface area contributed by atoms with E-state index in [4.69, 9.17) is 32.7 Å². The second kappa shape index (κ2) is 7.09. The number of nitrogens with zero attached hydrogens (tertiary/aromatic N) is 1. The zero-order valence-electron chi connectivity index (χ0n) is 13.0. The van der Waals surface area contributed by atoms with E-state index in [-0.39, 0.29) is 11.6 Å². The minimum absolute atomic E-state index is 0.106. The van der Waals surface area contributed by atoms with Crippen LogP contribution in [0.2, 0.25) is 10.0 Å². The molecule has 0 N–H and O–H groups in total. The van der Waals surface area contributed by atoms with Gasteiger partial charge in [-0.25, -0.2) is 9.79 Å². The van der Waals surface area contributed by atoms with Crippen molar-refractivity contribution in [3.63, 3.8) is 0 Å². The van der Waals surface area contributed by atoms with Gasteiger partial charge in [0.1, 0.15) is 5.75 Å². The molecule has 0 amide bonds. The molecule has 7 heteroatoms. The summed E-state index contributed by atoms with van der Waals surface area (Å²) < 4.78 is 10.2. The van der Waals surface area contributed by atoms with E-state index < -0.39 is 11.9 Å². The number of benzene rings is 2. The number of halogens is 2. The molecule has 0 saturated heterocycles. The third kappa shape index (κ3) is 4.07. The summed E-state index contributed by atoms with van der Waals surface area (Å²) in [7, 11) is 0. The number of carbonyl (C=O) groups excluding carboxylic acids is 2. The highest BCUT2D eigenvalue weighted by Gasteiger charge is 2.25. The van der Waals surface area contributed by atoms with Crippen LogP contribution in [0.1, 0.15) is 18.1 Å². The lowest BCUT2D eigenvalue weighted by atomic mass is 10.2. The van der Waals surface area contributed by atoms with E-state index in [1.807, 2.05) is 0 Å². The first-order valence-corrected chi connectivity index (χ1v) is 7.94. The Morgan fingerprint density at radius 1 is 1.20 bits per heavy atom. The van der Waals surface area contributed by atoms with Crippen LogP contribution in [-0.4, -0.2) is 17.8 Å². The molecule has 0 atom stereocenters. The smallest absolute Gasteiger partial charge is 0.363 e. The molecule has 126 valence electrons. The molecule has 2 aromatic carbocycles. The molecule has 0 bridgehead atoms. The number of carbonyl (C=O) groups is 2. The third-order valence-corrected chi connectivity index (χ3v) is 3.75. The van der Waals surface area contributed by atoms with Crippen molar-refractivity contribution >= 4 is 47.1 Å². The van der Waals surface area contributed by atoms with Crippen molar-refractivity contribution in [3.8, 4) is 5.75 Å². The van der Waals surface area contributed by atoms with Gasteiger partial charge >= 0.3 is 11.9 Å². The molecule has 0 spiro atoms. The van der Waals surface area contributed by atoms with Crippen LogP contribution >= 0.6 is 23.2 Å². The Labute approximate surface area is 153 Å². The summed E-state index contributed by atoms with van der Waals surface area (Å²) in [6.45, 7) is 1.31.